The number of nitrogens with one attached hydrogen (secondary N) is 1. The summed E-state index contributed by atoms with van der Waals surface area (Å²) in [6.45, 7) is 0. The Morgan fingerprint density at radius 1 is 1.54 bits per heavy atom. The predicted molar refractivity (Wildman–Crippen MR) is 94.3 cm³/mol. The van der Waals surface area contributed by atoms with Gasteiger partial charge in [-0.25, -0.2) is 9.78 Å². The van der Waals surface area contributed by atoms with Crippen molar-refractivity contribution in [2.24, 2.45) is 5.73 Å². The van der Waals surface area contributed by atoms with Gasteiger partial charge in [0, 0.05) is 16.7 Å². The molecule has 0 bridgehead atoms. The monoisotopic (exact) mass is 360 g/mol. The Hall–Kier alpha value is -2.23. The van der Waals surface area contributed by atoms with Crippen LogP contribution in [0, 0.1) is 0 Å². The molecule has 1 fully saturated rings. The Kier molecular flexibility index (Phi) is 3.27. The number of aromatic nitrogens is 2. The summed E-state index contributed by atoms with van der Waals surface area (Å²) in [5.74, 6) is -0.863. The second-order valence-corrected chi connectivity index (χ2v) is 6.93. The zero-order valence-corrected chi connectivity index (χ0v) is 13.9. The number of β-lactam (4-membered cyclic amide) rings is 1. The summed E-state index contributed by atoms with van der Waals surface area (Å²) in [5.41, 5.74) is 6.63. The van der Waals surface area contributed by atoms with Gasteiger partial charge in [-0.15, -0.1) is 11.8 Å². The van der Waals surface area contributed by atoms with Gasteiger partial charge in [-0.2, -0.15) is 0 Å². The third-order valence-electron chi connectivity index (χ3n) is 4.22. The van der Waals surface area contributed by atoms with Gasteiger partial charge in [0.15, 0.2) is 5.54 Å². The zero-order valence-electron chi connectivity index (χ0n) is 12.2. The second-order valence-electron chi connectivity index (χ2n) is 5.62. The van der Waals surface area contributed by atoms with Gasteiger partial charge in [-0.05, 0) is 12.1 Å². The molecule has 0 spiro atoms. The molecular formula is C15H12N4O3S2. The lowest BCUT2D eigenvalue weighted by molar-refractivity contribution is -0.150. The van der Waals surface area contributed by atoms with Crippen molar-refractivity contribution in [2.75, 3.05) is 5.75 Å². The minimum absolute atomic E-state index is 0.0827. The van der Waals surface area contributed by atoms with Crippen LogP contribution in [0.1, 0.15) is 5.82 Å². The van der Waals surface area contributed by atoms with Crippen molar-refractivity contribution in [1.29, 1.82) is 0 Å². The average Bonchev–Trinajstić information content (AvgIpc) is 3.03. The number of nitrogens with two attached hydrogens (primary N) is 1. The summed E-state index contributed by atoms with van der Waals surface area (Å²) in [7, 11) is 0. The molecule has 24 heavy (non-hydrogen) atoms. The molecule has 4 rings (SSSR count). The lowest BCUT2D eigenvalue weighted by atomic mass is 9.89. The molecule has 1 aromatic carbocycles. The number of H-pyrrole nitrogens is 1. The van der Waals surface area contributed by atoms with E-state index in [0.29, 0.717) is 17.2 Å². The summed E-state index contributed by atoms with van der Waals surface area (Å²) in [4.78, 5) is 33.0. The van der Waals surface area contributed by atoms with E-state index >= 15 is 0 Å². The van der Waals surface area contributed by atoms with Gasteiger partial charge in [0.05, 0.1) is 11.0 Å². The van der Waals surface area contributed by atoms with E-state index in [1.54, 1.807) is 0 Å². The van der Waals surface area contributed by atoms with Crippen LogP contribution < -0.4 is 5.73 Å². The quantitative estimate of drug-likeness (QED) is 0.552. The molecule has 4 N–H and O–H groups in total. The highest BCUT2D eigenvalue weighted by Crippen LogP contribution is 2.46. The maximum atomic E-state index is 12.4. The van der Waals surface area contributed by atoms with Crippen LogP contribution in [0.15, 0.2) is 30.0 Å². The van der Waals surface area contributed by atoms with Crippen molar-refractivity contribution in [1.82, 2.24) is 14.9 Å². The van der Waals surface area contributed by atoms with E-state index in [1.165, 1.54) is 22.0 Å². The molecule has 9 heteroatoms. The number of carbonyl (C=O) groups excluding carboxylic acids is 1. The van der Waals surface area contributed by atoms with Gasteiger partial charge < -0.3 is 15.8 Å². The average molecular weight is 360 g/mol. The number of benzene rings is 1. The van der Waals surface area contributed by atoms with E-state index in [1.807, 2.05) is 24.3 Å². The van der Waals surface area contributed by atoms with Crippen molar-refractivity contribution < 1.29 is 14.7 Å². The van der Waals surface area contributed by atoms with Gasteiger partial charge >= 0.3 is 5.97 Å². The van der Waals surface area contributed by atoms with Crippen molar-refractivity contribution in [3.05, 3.63) is 35.8 Å². The summed E-state index contributed by atoms with van der Waals surface area (Å²) in [5, 5.41) is 10.4. The Labute approximate surface area is 145 Å². The topological polar surface area (TPSA) is 112 Å². The van der Waals surface area contributed by atoms with Crippen LogP contribution in [0.2, 0.25) is 0 Å². The van der Waals surface area contributed by atoms with Crippen LogP contribution in [-0.2, 0) is 9.59 Å². The molecule has 0 aliphatic carbocycles. The number of nitrogens with zero attached hydrogens (tertiary/aromatic N) is 2. The number of carbonyl (C=O) groups is 2. The number of para-hydroxylation sites is 2. The van der Waals surface area contributed by atoms with Crippen molar-refractivity contribution in [3.8, 4) is 0 Å². The van der Waals surface area contributed by atoms with Gasteiger partial charge in [-0.3, -0.25) is 9.69 Å². The van der Waals surface area contributed by atoms with Gasteiger partial charge in [0.2, 0.25) is 0 Å². The van der Waals surface area contributed by atoms with Crippen LogP contribution >= 0.6 is 24.0 Å². The predicted octanol–water partition coefficient (Wildman–Crippen LogP) is 0.971. The molecule has 1 amide bonds. The number of aliphatic carboxylic acids is 1. The number of hydrogen-bond acceptors (Lipinski definition) is 6. The Morgan fingerprint density at radius 3 is 2.96 bits per heavy atom. The fraction of sp³-hybridized carbons (Fsp3) is 0.200. The number of thioether (sulfide) groups is 1. The van der Waals surface area contributed by atoms with Gasteiger partial charge in [0.1, 0.15) is 16.9 Å². The van der Waals surface area contributed by atoms with Crippen LogP contribution in [0.25, 0.3) is 16.6 Å². The highest BCUT2D eigenvalue weighted by atomic mass is 32.2. The molecule has 0 radical (unpaired) electrons. The lowest BCUT2D eigenvalue weighted by Crippen LogP contribution is -2.78. The van der Waals surface area contributed by atoms with E-state index in [9.17, 15) is 14.7 Å². The minimum atomic E-state index is -1.29. The molecule has 2 aliphatic heterocycles. The summed E-state index contributed by atoms with van der Waals surface area (Å²) in [6.07, 6.45) is 0. The van der Waals surface area contributed by atoms with E-state index in [2.05, 4.69) is 9.97 Å². The molecule has 3 heterocycles. The first-order chi connectivity index (χ1) is 11.5. The van der Waals surface area contributed by atoms with Gasteiger partial charge in [0.25, 0.3) is 5.91 Å². The summed E-state index contributed by atoms with van der Waals surface area (Å²) >= 11 is 6.25. The number of hydrogen-bond donors (Lipinski definition) is 3. The van der Waals surface area contributed by atoms with Crippen LogP contribution in [0.4, 0.5) is 0 Å². The zero-order chi connectivity index (χ0) is 17.1. The van der Waals surface area contributed by atoms with Crippen LogP contribution in [-0.4, -0.2) is 53.9 Å². The van der Waals surface area contributed by atoms with E-state index in [4.69, 9.17) is 18.0 Å². The molecule has 7 nitrogen and oxygen atoms in total. The minimum Gasteiger partial charge on any atom is -0.477 e. The van der Waals surface area contributed by atoms with Gasteiger partial charge in [-0.1, -0.05) is 24.4 Å². The Bertz CT molecular complexity index is 905. The highest BCUT2D eigenvalue weighted by Gasteiger charge is 2.61. The second kappa shape index (κ2) is 5.13. The number of carboxylic acid groups (broad SMARTS) is 1. The number of aromatic amines is 1. The smallest absolute Gasteiger partial charge is 0.353 e. The third-order valence-corrected chi connectivity index (χ3v) is 5.98. The third kappa shape index (κ3) is 1.89. The maximum Gasteiger partial charge on any atom is 0.353 e. The van der Waals surface area contributed by atoms with E-state index < -0.39 is 22.8 Å². The first-order valence-electron chi connectivity index (χ1n) is 7.09. The van der Waals surface area contributed by atoms with Crippen molar-refractivity contribution >= 4 is 57.8 Å². The van der Waals surface area contributed by atoms with Crippen LogP contribution in [0.5, 0.6) is 0 Å². The van der Waals surface area contributed by atoms with Crippen molar-refractivity contribution in [3.63, 3.8) is 0 Å². The number of amides is 1. The molecule has 2 atom stereocenters. The van der Waals surface area contributed by atoms with E-state index in [-0.39, 0.29) is 5.70 Å². The summed E-state index contributed by atoms with van der Waals surface area (Å²) < 4.78 is 0. The SMILES string of the molecule is NC1(C=S)C(=O)N2C(C(=O)O)=C(c3nc4ccccc4[nH]3)CS[C@H]21. The molecule has 122 valence electrons. The number of carboxylic acids is 1. The Morgan fingerprint density at radius 2 is 2.29 bits per heavy atom. The molecule has 1 unspecified atom stereocenters. The highest BCUT2D eigenvalue weighted by molar-refractivity contribution is 8.00. The lowest BCUT2D eigenvalue weighted by Gasteiger charge is -2.53. The molecule has 2 aromatic rings. The molecule has 0 saturated carbocycles. The standard InChI is InChI=1S/C15H12N4O3S2/c16-15(6-23)13(22)19-10(12(20)21)7(5-24-14(15)19)11-17-8-3-1-2-4-9(8)18-11/h1-4,6,14H,5,16H2,(H,17,18)(H,20,21)/t14-,15?/m0/s1. The van der Waals surface area contributed by atoms with Crippen molar-refractivity contribution in [2.45, 2.75) is 10.9 Å². The molecule has 1 saturated heterocycles. The molecule has 2 aliphatic rings. The van der Waals surface area contributed by atoms with Crippen LogP contribution in [0.3, 0.4) is 0 Å². The molecular weight excluding hydrogens is 348 g/mol. The number of fused-ring (bicyclic) bond motifs is 2. The molecule has 1 aromatic heterocycles. The largest absolute Gasteiger partial charge is 0.477 e. The Balaban J connectivity index is 1.86. The maximum absolute atomic E-state index is 12.4. The summed E-state index contributed by atoms with van der Waals surface area (Å²) in [6, 6.07) is 7.41. The number of imidazole rings is 1. The first-order valence-corrected chi connectivity index (χ1v) is 8.61. The number of rotatable bonds is 3. The normalized spacial score (nSPS) is 26.3. The first kappa shape index (κ1) is 15.3. The fourth-order valence-corrected chi connectivity index (χ4v) is 4.70. The van der Waals surface area contributed by atoms with E-state index in [0.717, 1.165) is 11.0 Å². The number of thiocarbonyl (C=S) groups is 1. The fourth-order valence-electron chi connectivity index (χ4n) is 2.99.